The fraction of sp³-hybridized carbons (Fsp3) is 0.933. The van der Waals surface area contributed by atoms with Crippen molar-refractivity contribution in [1.82, 2.24) is 15.1 Å². The summed E-state index contributed by atoms with van der Waals surface area (Å²) in [5, 5.41) is 3.38. The third kappa shape index (κ3) is 4.18. The maximum Gasteiger partial charge on any atom is 0.222 e. The minimum atomic E-state index is 0.383. The first-order chi connectivity index (χ1) is 9.20. The number of rotatable bonds is 4. The van der Waals surface area contributed by atoms with Crippen LogP contribution >= 0.6 is 0 Å². The number of hydrogen-bond acceptors (Lipinski definition) is 3. The van der Waals surface area contributed by atoms with Crippen molar-refractivity contribution < 1.29 is 4.79 Å². The summed E-state index contributed by atoms with van der Waals surface area (Å²) in [6.45, 7) is 7.54. The maximum atomic E-state index is 12.5. The zero-order valence-corrected chi connectivity index (χ0v) is 12.5. The predicted molar refractivity (Wildman–Crippen MR) is 78.1 cm³/mol. The van der Waals surface area contributed by atoms with Crippen molar-refractivity contribution >= 4 is 5.91 Å². The van der Waals surface area contributed by atoms with Crippen LogP contribution in [0.4, 0.5) is 0 Å². The van der Waals surface area contributed by atoms with E-state index in [9.17, 15) is 4.79 Å². The first kappa shape index (κ1) is 14.8. The number of hydrogen-bond donors (Lipinski definition) is 1. The molecular formula is C15H29N3O. The van der Waals surface area contributed by atoms with Crippen molar-refractivity contribution in [3.8, 4) is 0 Å². The Bertz CT molecular complexity index is 289. The molecular weight excluding hydrogens is 238 g/mol. The van der Waals surface area contributed by atoms with Crippen LogP contribution in [0.3, 0.4) is 0 Å². The van der Waals surface area contributed by atoms with Gasteiger partial charge in [-0.2, -0.15) is 0 Å². The molecule has 2 heterocycles. The number of nitrogens with one attached hydrogen (secondary N) is 1. The van der Waals surface area contributed by atoms with Crippen LogP contribution in [0.5, 0.6) is 0 Å². The van der Waals surface area contributed by atoms with Crippen molar-refractivity contribution in [2.24, 2.45) is 5.92 Å². The second-order valence-corrected chi connectivity index (χ2v) is 6.16. The number of nitrogens with zero attached hydrogens (tertiary/aromatic N) is 2. The first-order valence-corrected chi connectivity index (χ1v) is 7.89. The molecule has 2 aliphatic heterocycles. The SMILES string of the molecule is CCC1CN(C)CCCN1C(=O)CCC1CCNC1. The van der Waals surface area contributed by atoms with Gasteiger partial charge in [-0.3, -0.25) is 4.79 Å². The largest absolute Gasteiger partial charge is 0.338 e. The van der Waals surface area contributed by atoms with E-state index in [2.05, 4.69) is 29.1 Å². The molecule has 1 amide bonds. The highest BCUT2D eigenvalue weighted by atomic mass is 16.2. The van der Waals surface area contributed by atoms with Gasteiger partial charge in [-0.25, -0.2) is 0 Å². The van der Waals surface area contributed by atoms with E-state index < -0.39 is 0 Å². The van der Waals surface area contributed by atoms with E-state index in [0.717, 1.165) is 64.3 Å². The number of carbonyl (C=O) groups excluding carboxylic acids is 1. The molecule has 2 saturated heterocycles. The molecule has 2 rings (SSSR count). The summed E-state index contributed by atoms with van der Waals surface area (Å²) < 4.78 is 0. The summed E-state index contributed by atoms with van der Waals surface area (Å²) in [6.07, 6.45) is 5.24. The Morgan fingerprint density at radius 3 is 2.89 bits per heavy atom. The lowest BCUT2D eigenvalue weighted by atomic mass is 10.0. The molecule has 1 N–H and O–H groups in total. The number of carbonyl (C=O) groups is 1. The average molecular weight is 267 g/mol. The molecule has 2 unspecified atom stereocenters. The van der Waals surface area contributed by atoms with Gasteiger partial charge in [-0.15, -0.1) is 0 Å². The Morgan fingerprint density at radius 2 is 2.21 bits per heavy atom. The molecule has 0 bridgehead atoms. The highest BCUT2D eigenvalue weighted by molar-refractivity contribution is 5.76. The van der Waals surface area contributed by atoms with Crippen molar-refractivity contribution in [2.45, 2.75) is 45.1 Å². The van der Waals surface area contributed by atoms with Crippen LogP contribution in [0.2, 0.25) is 0 Å². The Balaban J connectivity index is 1.84. The van der Waals surface area contributed by atoms with Crippen molar-refractivity contribution in [1.29, 1.82) is 0 Å². The molecule has 0 spiro atoms. The lowest BCUT2D eigenvalue weighted by Crippen LogP contribution is -2.43. The maximum absolute atomic E-state index is 12.5. The summed E-state index contributed by atoms with van der Waals surface area (Å²) in [7, 11) is 2.17. The Morgan fingerprint density at radius 1 is 1.37 bits per heavy atom. The van der Waals surface area contributed by atoms with Crippen molar-refractivity contribution in [2.75, 3.05) is 39.8 Å². The molecule has 2 fully saturated rings. The summed E-state index contributed by atoms with van der Waals surface area (Å²) in [5.74, 6) is 1.10. The number of amides is 1. The van der Waals surface area contributed by atoms with Crippen molar-refractivity contribution in [3.05, 3.63) is 0 Å². The second kappa shape index (κ2) is 7.25. The van der Waals surface area contributed by atoms with Gasteiger partial charge in [0.25, 0.3) is 0 Å². The van der Waals surface area contributed by atoms with Gasteiger partial charge < -0.3 is 15.1 Å². The Kier molecular flexibility index (Phi) is 5.64. The number of likely N-dealkylation sites (N-methyl/N-ethyl adjacent to an activating group) is 1. The molecule has 110 valence electrons. The smallest absolute Gasteiger partial charge is 0.222 e. The Hall–Kier alpha value is -0.610. The molecule has 0 aromatic carbocycles. The third-order valence-electron chi connectivity index (χ3n) is 4.62. The van der Waals surface area contributed by atoms with E-state index in [-0.39, 0.29) is 0 Å². The monoisotopic (exact) mass is 267 g/mol. The van der Waals surface area contributed by atoms with Gasteiger partial charge in [0.05, 0.1) is 0 Å². The van der Waals surface area contributed by atoms with Gasteiger partial charge in [0.15, 0.2) is 0 Å². The summed E-state index contributed by atoms with van der Waals surface area (Å²) in [5.41, 5.74) is 0. The quantitative estimate of drug-likeness (QED) is 0.834. The normalized spacial score (nSPS) is 29.5. The lowest BCUT2D eigenvalue weighted by Gasteiger charge is -2.30. The lowest BCUT2D eigenvalue weighted by molar-refractivity contribution is -0.133. The molecule has 0 aliphatic carbocycles. The van der Waals surface area contributed by atoms with Gasteiger partial charge in [-0.1, -0.05) is 6.92 Å². The van der Waals surface area contributed by atoms with Crippen molar-refractivity contribution in [3.63, 3.8) is 0 Å². The first-order valence-electron chi connectivity index (χ1n) is 7.89. The standard InChI is InChI=1S/C15H29N3O/c1-3-14-12-17(2)9-4-10-18(14)15(19)6-5-13-7-8-16-11-13/h13-14,16H,3-12H2,1-2H3. The molecule has 2 aliphatic rings. The van der Waals surface area contributed by atoms with Crippen LogP contribution in [-0.4, -0.2) is 61.5 Å². The molecule has 0 radical (unpaired) electrons. The van der Waals surface area contributed by atoms with Crippen LogP contribution in [0.25, 0.3) is 0 Å². The fourth-order valence-corrected chi connectivity index (χ4v) is 3.35. The van der Waals surface area contributed by atoms with Gasteiger partial charge in [-0.05, 0) is 58.3 Å². The van der Waals surface area contributed by atoms with E-state index in [4.69, 9.17) is 0 Å². The van der Waals surface area contributed by atoms with Gasteiger partial charge in [0, 0.05) is 25.6 Å². The van der Waals surface area contributed by atoms with Gasteiger partial charge >= 0.3 is 0 Å². The molecule has 19 heavy (non-hydrogen) atoms. The Labute approximate surface area is 117 Å². The van der Waals surface area contributed by atoms with Crippen LogP contribution in [0.1, 0.15) is 39.0 Å². The summed E-state index contributed by atoms with van der Waals surface area (Å²) >= 11 is 0. The molecule has 4 heteroatoms. The highest BCUT2D eigenvalue weighted by Crippen LogP contribution is 2.18. The van der Waals surface area contributed by atoms with Crippen LogP contribution < -0.4 is 5.32 Å². The fourth-order valence-electron chi connectivity index (χ4n) is 3.35. The topological polar surface area (TPSA) is 35.6 Å². The van der Waals surface area contributed by atoms with Crippen LogP contribution in [0, 0.1) is 5.92 Å². The van der Waals surface area contributed by atoms with E-state index in [0.29, 0.717) is 11.9 Å². The zero-order valence-electron chi connectivity index (χ0n) is 12.5. The second-order valence-electron chi connectivity index (χ2n) is 6.16. The zero-order chi connectivity index (χ0) is 13.7. The molecule has 0 aromatic heterocycles. The minimum Gasteiger partial charge on any atom is -0.338 e. The van der Waals surface area contributed by atoms with Gasteiger partial charge in [0.1, 0.15) is 0 Å². The van der Waals surface area contributed by atoms with Crippen LogP contribution in [0.15, 0.2) is 0 Å². The minimum absolute atomic E-state index is 0.383. The highest BCUT2D eigenvalue weighted by Gasteiger charge is 2.26. The molecule has 4 nitrogen and oxygen atoms in total. The molecule has 0 saturated carbocycles. The van der Waals surface area contributed by atoms with E-state index in [1.54, 1.807) is 0 Å². The molecule has 0 aromatic rings. The van der Waals surface area contributed by atoms with Gasteiger partial charge in [0.2, 0.25) is 5.91 Å². The van der Waals surface area contributed by atoms with E-state index >= 15 is 0 Å². The summed E-state index contributed by atoms with van der Waals surface area (Å²) in [4.78, 5) is 17.0. The van der Waals surface area contributed by atoms with Crippen LogP contribution in [-0.2, 0) is 4.79 Å². The van der Waals surface area contributed by atoms with E-state index in [1.165, 1.54) is 6.42 Å². The third-order valence-corrected chi connectivity index (χ3v) is 4.62. The molecule has 2 atom stereocenters. The average Bonchev–Trinajstić information content (AvgIpc) is 2.85. The van der Waals surface area contributed by atoms with E-state index in [1.807, 2.05) is 0 Å². The summed E-state index contributed by atoms with van der Waals surface area (Å²) in [6, 6.07) is 0.418. The predicted octanol–water partition coefficient (Wildman–Crippen LogP) is 1.32.